The molecule has 0 amide bonds. The Morgan fingerprint density at radius 3 is 2.13 bits per heavy atom. The molecule has 5 N–H and O–H groups in total. The quantitative estimate of drug-likeness (QED) is 0.250. The number of phosphoric ester groups is 1. The second-order valence-corrected chi connectivity index (χ2v) is 4.05. The molecule has 0 aromatic heterocycles. The fourth-order valence-corrected chi connectivity index (χ4v) is 1.11. The van der Waals surface area contributed by atoms with E-state index in [-0.39, 0.29) is 0 Å². The summed E-state index contributed by atoms with van der Waals surface area (Å²) in [4.78, 5) is 26.5. The van der Waals surface area contributed by atoms with E-state index in [1.54, 1.807) is 0 Å². The van der Waals surface area contributed by atoms with Gasteiger partial charge in [-0.1, -0.05) is 0 Å². The summed E-state index contributed by atoms with van der Waals surface area (Å²) in [6.45, 7) is -0.846. The second kappa shape index (κ2) is 6.29. The largest absolute Gasteiger partial charge is 0.469 e. The highest BCUT2D eigenvalue weighted by molar-refractivity contribution is 7.46. The van der Waals surface area contributed by atoms with Crippen molar-refractivity contribution >= 4 is 14.1 Å². The SMILES string of the molecule is O=[14CH]CC(O)C(O)C(O)COP(=O)(O)O. The van der Waals surface area contributed by atoms with Crippen molar-refractivity contribution in [3.05, 3.63) is 0 Å². The third-order valence-corrected chi connectivity index (χ3v) is 2.03. The van der Waals surface area contributed by atoms with Crippen LogP contribution in [0, 0.1) is 0 Å². The Bertz CT molecular complexity index is 237. The fourth-order valence-electron chi connectivity index (χ4n) is 0.766. The van der Waals surface area contributed by atoms with Gasteiger partial charge in [-0.15, -0.1) is 0 Å². The van der Waals surface area contributed by atoms with Gasteiger partial charge in [0.2, 0.25) is 0 Å². The summed E-state index contributed by atoms with van der Waals surface area (Å²) >= 11 is 0. The molecule has 0 aromatic carbocycles. The van der Waals surface area contributed by atoms with Crippen LogP contribution in [0.5, 0.6) is 0 Å². The van der Waals surface area contributed by atoms with Gasteiger partial charge < -0.3 is 29.9 Å². The lowest BCUT2D eigenvalue weighted by Gasteiger charge is -2.21. The predicted octanol–water partition coefficient (Wildman–Crippen LogP) is -2.23. The van der Waals surface area contributed by atoms with Gasteiger partial charge in [0.25, 0.3) is 0 Å². The summed E-state index contributed by atoms with van der Waals surface area (Å²) < 4.78 is 14.1. The summed E-state index contributed by atoms with van der Waals surface area (Å²) in [5.41, 5.74) is 0. The molecule has 0 fully saturated rings. The Morgan fingerprint density at radius 2 is 1.73 bits per heavy atom. The predicted molar refractivity (Wildman–Crippen MR) is 46.7 cm³/mol. The van der Waals surface area contributed by atoms with E-state index in [1.165, 1.54) is 0 Å². The minimum atomic E-state index is -4.73. The van der Waals surface area contributed by atoms with Gasteiger partial charge in [0, 0.05) is 6.42 Å². The van der Waals surface area contributed by atoms with Crippen LogP contribution in [0.25, 0.3) is 0 Å². The average Bonchev–Trinajstić information content (AvgIpc) is 2.12. The Labute approximate surface area is 85.4 Å². The minimum absolute atomic E-state index is 0.338. The van der Waals surface area contributed by atoms with E-state index in [0.717, 1.165) is 0 Å². The van der Waals surface area contributed by atoms with Gasteiger partial charge in [-0.25, -0.2) is 4.57 Å². The summed E-state index contributed by atoms with van der Waals surface area (Å²) in [7, 11) is -4.73. The van der Waals surface area contributed by atoms with Crippen LogP contribution in [-0.2, 0) is 13.9 Å². The molecule has 0 saturated carbocycles. The summed E-state index contributed by atoms with van der Waals surface area (Å²) in [6.07, 6.45) is -4.95. The van der Waals surface area contributed by atoms with Gasteiger partial charge in [0.15, 0.2) is 0 Å². The number of hydrogen-bond acceptors (Lipinski definition) is 6. The molecule has 0 rings (SSSR count). The molecule has 0 aliphatic carbocycles. The molecule has 0 heterocycles. The lowest BCUT2D eigenvalue weighted by atomic mass is 10.1. The molecule has 15 heavy (non-hydrogen) atoms. The average molecular weight is 246 g/mol. The van der Waals surface area contributed by atoms with Crippen LogP contribution in [0.1, 0.15) is 6.42 Å². The van der Waals surface area contributed by atoms with Crippen LogP contribution in [0.3, 0.4) is 0 Å². The lowest BCUT2D eigenvalue weighted by molar-refractivity contribution is -0.115. The number of aldehydes is 1. The maximum Gasteiger partial charge on any atom is 0.469 e. The third kappa shape index (κ3) is 6.69. The lowest BCUT2D eigenvalue weighted by Crippen LogP contribution is -2.40. The van der Waals surface area contributed by atoms with Crippen LogP contribution in [0.15, 0.2) is 0 Å². The smallest absolute Gasteiger partial charge is 0.390 e. The molecule has 90 valence electrons. The molecule has 3 unspecified atom stereocenters. The first kappa shape index (κ1) is 14.7. The molecule has 0 aliphatic rings. The Morgan fingerprint density at radius 1 is 1.20 bits per heavy atom. The van der Waals surface area contributed by atoms with Gasteiger partial charge in [0.1, 0.15) is 18.5 Å². The molecule has 3 atom stereocenters. The van der Waals surface area contributed by atoms with Crippen LogP contribution in [-0.4, -0.2) is 56.3 Å². The second-order valence-electron chi connectivity index (χ2n) is 2.81. The van der Waals surface area contributed by atoms with Gasteiger partial charge in [-0.05, 0) is 0 Å². The maximum absolute atomic E-state index is 10.2. The number of carbonyl (C=O) groups is 1. The monoisotopic (exact) mass is 246 g/mol. The molecule has 0 spiro atoms. The van der Waals surface area contributed by atoms with Gasteiger partial charge in [-0.3, -0.25) is 4.52 Å². The molecule has 0 bridgehead atoms. The highest BCUT2D eigenvalue weighted by Gasteiger charge is 2.27. The van der Waals surface area contributed by atoms with E-state index in [9.17, 15) is 9.36 Å². The van der Waals surface area contributed by atoms with E-state index in [2.05, 4.69) is 4.52 Å². The highest BCUT2D eigenvalue weighted by Crippen LogP contribution is 2.35. The number of hydrogen-bond donors (Lipinski definition) is 5. The van der Waals surface area contributed by atoms with E-state index in [4.69, 9.17) is 25.1 Å². The highest BCUT2D eigenvalue weighted by atomic mass is 31.2. The first-order valence-electron chi connectivity index (χ1n) is 3.96. The zero-order valence-electron chi connectivity index (χ0n) is 7.63. The van der Waals surface area contributed by atoms with Gasteiger partial charge in [0.05, 0.1) is 12.7 Å². The van der Waals surface area contributed by atoms with E-state index in [1.807, 2.05) is 0 Å². The van der Waals surface area contributed by atoms with Crippen molar-refractivity contribution in [2.45, 2.75) is 24.7 Å². The van der Waals surface area contributed by atoms with Crippen molar-refractivity contribution in [2.24, 2.45) is 0 Å². The number of carbonyl (C=O) groups excluding carboxylic acids is 1. The van der Waals surface area contributed by atoms with Crippen molar-refractivity contribution in [3.63, 3.8) is 0 Å². The molecule has 0 aliphatic heterocycles. The topological polar surface area (TPSA) is 145 Å². The number of phosphoric acid groups is 1. The van der Waals surface area contributed by atoms with E-state index >= 15 is 0 Å². The van der Waals surface area contributed by atoms with Crippen molar-refractivity contribution < 1.29 is 39.0 Å². The number of aliphatic hydroxyl groups excluding tert-OH is 3. The minimum Gasteiger partial charge on any atom is -0.390 e. The molecular weight excluding hydrogens is 233 g/mol. The van der Waals surface area contributed by atoms with E-state index in [0.29, 0.717) is 6.29 Å². The Kier molecular flexibility index (Phi) is 6.15. The molecule has 0 saturated heterocycles. The first-order chi connectivity index (χ1) is 6.78. The first-order valence-corrected chi connectivity index (χ1v) is 5.49. The van der Waals surface area contributed by atoms with Crippen molar-refractivity contribution in [3.8, 4) is 0 Å². The third-order valence-electron chi connectivity index (χ3n) is 1.54. The van der Waals surface area contributed by atoms with Gasteiger partial charge in [-0.2, -0.15) is 0 Å². The van der Waals surface area contributed by atoms with Crippen molar-refractivity contribution in [1.82, 2.24) is 0 Å². The summed E-state index contributed by atoms with van der Waals surface area (Å²) in [5.74, 6) is 0. The Hall–Kier alpha value is -0.340. The molecule has 0 radical (unpaired) electrons. The molecule has 9 heteroatoms. The zero-order chi connectivity index (χ0) is 12.1. The van der Waals surface area contributed by atoms with Crippen LogP contribution >= 0.6 is 7.82 Å². The molecular formula is C6H13O8P. The van der Waals surface area contributed by atoms with Crippen molar-refractivity contribution in [2.75, 3.05) is 6.61 Å². The summed E-state index contributed by atoms with van der Waals surface area (Å²) in [6, 6.07) is 0. The number of aliphatic hydroxyl groups is 3. The van der Waals surface area contributed by atoms with E-state index < -0.39 is 39.2 Å². The van der Waals surface area contributed by atoms with Crippen LogP contribution in [0.2, 0.25) is 0 Å². The number of rotatable bonds is 7. The zero-order valence-corrected chi connectivity index (χ0v) is 8.53. The van der Waals surface area contributed by atoms with Crippen LogP contribution in [0.4, 0.5) is 0 Å². The van der Waals surface area contributed by atoms with Crippen LogP contribution < -0.4 is 0 Å². The van der Waals surface area contributed by atoms with Gasteiger partial charge >= 0.3 is 7.82 Å². The van der Waals surface area contributed by atoms with Crippen molar-refractivity contribution in [1.29, 1.82) is 0 Å². The fraction of sp³-hybridized carbons (Fsp3) is 0.833. The Balaban J connectivity index is 4.03. The molecule has 8 nitrogen and oxygen atoms in total. The normalized spacial score (nSPS) is 18.2. The maximum atomic E-state index is 10.2. The summed E-state index contributed by atoms with van der Waals surface area (Å²) in [5, 5.41) is 27.2. The molecule has 0 aromatic rings. The standard InChI is InChI=1S/C6H13O8P/c7-2-1-4(8)6(10)5(9)3-14-15(11,12)13/h2,4-6,8-10H,1,3H2,(H2,11,12,13)/i2+2.